The molecule has 1 saturated carbocycles. The van der Waals surface area contributed by atoms with Crippen LogP contribution in [0.4, 0.5) is 17.1 Å². The zero-order valence-electron chi connectivity index (χ0n) is 17.4. The average molecular weight is 417 g/mol. The van der Waals surface area contributed by atoms with Gasteiger partial charge in [0.2, 0.25) is 0 Å². The summed E-state index contributed by atoms with van der Waals surface area (Å²) in [6.07, 6.45) is 4.93. The fourth-order valence-corrected chi connectivity index (χ4v) is 4.09. The Morgan fingerprint density at radius 2 is 1.90 bits per heavy atom. The minimum Gasteiger partial charge on any atom is -0.397 e. The molecule has 158 valence electrons. The second kappa shape index (κ2) is 7.41. The average Bonchev–Trinajstić information content (AvgIpc) is 2.70. The lowest BCUT2D eigenvalue weighted by atomic mass is 9.77. The lowest BCUT2D eigenvalue weighted by Gasteiger charge is -2.39. The highest BCUT2D eigenvalue weighted by atomic mass is 16.2. The van der Waals surface area contributed by atoms with E-state index in [0.717, 1.165) is 16.6 Å². The third kappa shape index (κ3) is 3.08. The number of pyridine rings is 1. The van der Waals surface area contributed by atoms with Crippen LogP contribution in [0.3, 0.4) is 0 Å². The summed E-state index contributed by atoms with van der Waals surface area (Å²) in [5.41, 5.74) is 6.15. The van der Waals surface area contributed by atoms with E-state index in [1.165, 1.54) is 15.8 Å². The number of aryl methyl sites for hydroxylation is 1. The third-order valence-corrected chi connectivity index (χ3v) is 5.84. The number of nitrogens with two attached hydrogens (primary N) is 2. The molecule has 31 heavy (non-hydrogen) atoms. The second-order valence-electron chi connectivity index (χ2n) is 7.84. The zero-order valence-corrected chi connectivity index (χ0v) is 17.4. The molecule has 3 aromatic rings. The number of nitrogen functional groups attached to an aromatic ring is 1. The van der Waals surface area contributed by atoms with Crippen LogP contribution in [0, 0.1) is 25.2 Å². The number of anilines is 3. The Hall–Kier alpha value is -3.90. The molecule has 1 fully saturated rings. The number of hydrogen-bond donors (Lipinski definition) is 2. The number of nitriles is 1. The molecular formula is C22H23N7O2. The van der Waals surface area contributed by atoms with E-state index >= 15 is 0 Å². The number of para-hydroxylation sites is 2. The Labute approximate surface area is 178 Å². The van der Waals surface area contributed by atoms with Crippen LogP contribution in [-0.2, 0) is 5.54 Å². The maximum atomic E-state index is 13.6. The van der Waals surface area contributed by atoms with Gasteiger partial charge in [-0.3, -0.25) is 19.4 Å². The summed E-state index contributed by atoms with van der Waals surface area (Å²) in [5.74, 6) is 6.38. The maximum Gasteiger partial charge on any atom is 0.337 e. The van der Waals surface area contributed by atoms with E-state index in [0.29, 0.717) is 35.6 Å². The first-order valence-corrected chi connectivity index (χ1v) is 9.92. The van der Waals surface area contributed by atoms with Crippen LogP contribution in [0.2, 0.25) is 0 Å². The fourth-order valence-electron chi connectivity index (χ4n) is 4.09. The molecule has 0 radical (unpaired) electrons. The number of aromatic nitrogens is 3. The minimum atomic E-state index is -1.02. The van der Waals surface area contributed by atoms with Gasteiger partial charge in [-0.1, -0.05) is 12.1 Å². The summed E-state index contributed by atoms with van der Waals surface area (Å²) in [5, 5.41) is 11.1. The van der Waals surface area contributed by atoms with Crippen molar-refractivity contribution >= 4 is 17.1 Å². The minimum absolute atomic E-state index is 0.0699. The Bertz CT molecular complexity index is 1330. The van der Waals surface area contributed by atoms with E-state index in [9.17, 15) is 14.9 Å². The molecule has 2 aromatic heterocycles. The van der Waals surface area contributed by atoms with Crippen molar-refractivity contribution in [3.63, 3.8) is 0 Å². The van der Waals surface area contributed by atoms with Gasteiger partial charge in [0.05, 0.1) is 35.0 Å². The number of rotatable bonds is 4. The van der Waals surface area contributed by atoms with Crippen LogP contribution in [0.15, 0.2) is 52.3 Å². The number of benzene rings is 1. The van der Waals surface area contributed by atoms with Crippen molar-refractivity contribution in [2.24, 2.45) is 5.84 Å². The lowest BCUT2D eigenvalue weighted by Crippen LogP contribution is -2.53. The van der Waals surface area contributed by atoms with E-state index in [2.05, 4.69) is 11.1 Å². The molecule has 0 bridgehead atoms. The van der Waals surface area contributed by atoms with Crippen molar-refractivity contribution in [3.8, 4) is 11.8 Å². The van der Waals surface area contributed by atoms with Crippen molar-refractivity contribution in [1.82, 2.24) is 14.1 Å². The van der Waals surface area contributed by atoms with Gasteiger partial charge in [-0.05, 0) is 56.9 Å². The van der Waals surface area contributed by atoms with Crippen LogP contribution in [-0.4, -0.2) is 14.1 Å². The molecule has 0 saturated heterocycles. The Morgan fingerprint density at radius 1 is 1.19 bits per heavy atom. The topological polar surface area (TPSA) is 136 Å². The normalized spacial score (nSPS) is 14.5. The molecule has 0 spiro atoms. The quantitative estimate of drug-likeness (QED) is 0.376. The smallest absolute Gasteiger partial charge is 0.337 e. The molecule has 1 aromatic carbocycles. The summed E-state index contributed by atoms with van der Waals surface area (Å²) in [7, 11) is 0. The van der Waals surface area contributed by atoms with Crippen molar-refractivity contribution in [2.45, 2.75) is 38.6 Å². The van der Waals surface area contributed by atoms with Crippen molar-refractivity contribution in [3.05, 3.63) is 74.8 Å². The van der Waals surface area contributed by atoms with Crippen LogP contribution in [0.1, 0.15) is 30.5 Å². The van der Waals surface area contributed by atoms with Gasteiger partial charge in [-0.2, -0.15) is 5.26 Å². The third-order valence-electron chi connectivity index (χ3n) is 5.84. The van der Waals surface area contributed by atoms with E-state index < -0.39 is 16.8 Å². The number of nitrogens with zero attached hydrogens (tertiary/aromatic N) is 5. The molecule has 2 heterocycles. The summed E-state index contributed by atoms with van der Waals surface area (Å²) in [4.78, 5) is 31.3. The number of hydrogen-bond acceptors (Lipinski definition) is 7. The Morgan fingerprint density at radius 3 is 2.48 bits per heavy atom. The van der Waals surface area contributed by atoms with E-state index in [-0.39, 0.29) is 5.69 Å². The van der Waals surface area contributed by atoms with Crippen molar-refractivity contribution < 1.29 is 0 Å². The number of hydrazine groups is 1. The van der Waals surface area contributed by atoms with Gasteiger partial charge in [0.15, 0.2) is 0 Å². The summed E-state index contributed by atoms with van der Waals surface area (Å²) < 4.78 is 2.42. The molecule has 9 heteroatoms. The summed E-state index contributed by atoms with van der Waals surface area (Å²) in [6.45, 7) is 3.45. The zero-order chi connectivity index (χ0) is 22.3. The van der Waals surface area contributed by atoms with E-state index in [1.807, 2.05) is 6.92 Å². The maximum absolute atomic E-state index is 13.6. The molecule has 0 amide bonds. The standard InChI is InChI=1S/C22H23N7O2/c1-14-10-16(12-26-11-14)27-20(30)19(29(25)18-7-4-3-6-17(18)24)15(2)28(21(27)31)22(13-23)8-5-9-22/h3-4,6-7,10-12H,5,8-9,24-25H2,1-2H3. The van der Waals surface area contributed by atoms with Gasteiger partial charge < -0.3 is 5.73 Å². The predicted molar refractivity (Wildman–Crippen MR) is 118 cm³/mol. The van der Waals surface area contributed by atoms with Gasteiger partial charge >= 0.3 is 5.69 Å². The molecule has 0 aliphatic heterocycles. The molecular weight excluding hydrogens is 394 g/mol. The molecule has 4 N–H and O–H groups in total. The first-order valence-electron chi connectivity index (χ1n) is 9.92. The molecule has 1 aliphatic rings. The highest BCUT2D eigenvalue weighted by Crippen LogP contribution is 2.39. The van der Waals surface area contributed by atoms with Gasteiger partial charge in [-0.15, -0.1) is 0 Å². The lowest BCUT2D eigenvalue weighted by molar-refractivity contribution is 0.203. The Kier molecular flexibility index (Phi) is 4.87. The molecule has 0 unspecified atom stereocenters. The van der Waals surface area contributed by atoms with Gasteiger partial charge in [0.1, 0.15) is 11.2 Å². The van der Waals surface area contributed by atoms with E-state index in [1.54, 1.807) is 43.5 Å². The molecule has 1 aliphatic carbocycles. The Balaban J connectivity index is 2.10. The summed E-state index contributed by atoms with van der Waals surface area (Å²) in [6, 6.07) is 10.9. The molecule has 9 nitrogen and oxygen atoms in total. The second-order valence-corrected chi connectivity index (χ2v) is 7.84. The largest absolute Gasteiger partial charge is 0.397 e. The molecule has 4 rings (SSSR count). The fraction of sp³-hybridized carbons (Fsp3) is 0.273. The van der Waals surface area contributed by atoms with Gasteiger partial charge in [0, 0.05) is 6.20 Å². The van der Waals surface area contributed by atoms with Crippen LogP contribution in [0.25, 0.3) is 5.69 Å². The van der Waals surface area contributed by atoms with Crippen LogP contribution < -0.4 is 27.8 Å². The van der Waals surface area contributed by atoms with Crippen LogP contribution in [0.5, 0.6) is 0 Å². The summed E-state index contributed by atoms with van der Waals surface area (Å²) >= 11 is 0. The van der Waals surface area contributed by atoms with Crippen LogP contribution >= 0.6 is 0 Å². The first-order chi connectivity index (χ1) is 14.8. The van der Waals surface area contributed by atoms with Gasteiger partial charge in [0.25, 0.3) is 5.56 Å². The predicted octanol–water partition coefficient (Wildman–Crippen LogP) is 2.01. The highest BCUT2D eigenvalue weighted by molar-refractivity contribution is 5.74. The SMILES string of the molecule is Cc1cncc(-n2c(=O)c(N(N)c3ccccc3N)c(C)n(C3(C#N)CCC3)c2=O)c1. The molecule has 0 atom stereocenters. The van der Waals surface area contributed by atoms with Crippen molar-refractivity contribution in [1.29, 1.82) is 5.26 Å². The van der Waals surface area contributed by atoms with Crippen molar-refractivity contribution in [2.75, 3.05) is 10.7 Å². The van der Waals surface area contributed by atoms with E-state index in [4.69, 9.17) is 11.6 Å². The first kappa shape index (κ1) is 20.4. The van der Waals surface area contributed by atoms with Gasteiger partial charge in [-0.25, -0.2) is 15.2 Å². The highest BCUT2D eigenvalue weighted by Gasteiger charge is 2.43. The monoisotopic (exact) mass is 417 g/mol.